The molecular weight excluding hydrogens is 168 g/mol. The van der Waals surface area contributed by atoms with Crippen LogP contribution in [-0.2, 0) is 0 Å². The van der Waals surface area contributed by atoms with Gasteiger partial charge in [0.1, 0.15) is 0 Å². The number of hydrogen-bond donors (Lipinski definition) is 0. The molecule has 0 heterocycles. The Bertz CT molecular complexity index is 287. The van der Waals surface area contributed by atoms with E-state index in [0.29, 0.717) is 5.92 Å². The van der Waals surface area contributed by atoms with Gasteiger partial charge in [0.15, 0.2) is 0 Å². The summed E-state index contributed by atoms with van der Waals surface area (Å²) in [4.78, 5) is 0. The highest BCUT2D eigenvalue weighted by atomic mass is 14.1. The summed E-state index contributed by atoms with van der Waals surface area (Å²) in [6.45, 7) is 6.16. The molecule has 0 nitrogen and oxygen atoms in total. The number of allylic oxidation sites excluding steroid dienone is 9. The lowest BCUT2D eigenvalue weighted by molar-refractivity contribution is 0.920. The first kappa shape index (κ1) is 10.8. The minimum atomic E-state index is 0.399. The van der Waals surface area contributed by atoms with Crippen molar-refractivity contribution >= 4 is 0 Å². The molecule has 0 saturated carbocycles. The third-order valence-corrected chi connectivity index (χ3v) is 2.25. The largest absolute Gasteiger partial charge is 0.0986 e. The molecule has 0 heteroatoms. The van der Waals surface area contributed by atoms with E-state index in [0.717, 1.165) is 12.8 Å². The Morgan fingerprint density at radius 3 is 2.86 bits per heavy atom. The third-order valence-electron chi connectivity index (χ3n) is 2.25. The van der Waals surface area contributed by atoms with Gasteiger partial charge in [-0.25, -0.2) is 0 Å². The summed E-state index contributed by atoms with van der Waals surface area (Å²) < 4.78 is 0. The second-order valence-corrected chi connectivity index (χ2v) is 3.43. The van der Waals surface area contributed by atoms with Gasteiger partial charge in [-0.05, 0) is 19.8 Å². The minimum Gasteiger partial charge on any atom is -0.0986 e. The van der Waals surface area contributed by atoms with Crippen molar-refractivity contribution in [1.29, 1.82) is 0 Å². The van der Waals surface area contributed by atoms with Gasteiger partial charge in [-0.1, -0.05) is 60.8 Å². The van der Waals surface area contributed by atoms with Crippen LogP contribution in [0.25, 0.3) is 0 Å². The van der Waals surface area contributed by atoms with Crippen LogP contribution in [0.5, 0.6) is 0 Å². The standard InChI is InChI=1S/C14H18/c1-3-10-14-12-9-7-5-4-6-8-11-13(14)2/h3-6,8-10,12,14H,2,7,11H2,1H3/b5-4-,8-6-,10-3-,12-9-. The van der Waals surface area contributed by atoms with Crippen molar-refractivity contribution in [3.05, 3.63) is 60.8 Å². The van der Waals surface area contributed by atoms with Crippen LogP contribution in [0, 0.1) is 5.92 Å². The molecule has 0 amide bonds. The van der Waals surface area contributed by atoms with Gasteiger partial charge in [-0.2, -0.15) is 0 Å². The molecule has 14 heavy (non-hydrogen) atoms. The molecule has 0 aromatic heterocycles. The normalized spacial score (nSPS) is 30.1. The molecule has 1 aliphatic carbocycles. The van der Waals surface area contributed by atoms with Gasteiger partial charge >= 0.3 is 0 Å². The van der Waals surface area contributed by atoms with Crippen LogP contribution in [0.3, 0.4) is 0 Å². The average molecular weight is 186 g/mol. The molecular formula is C14H18. The van der Waals surface area contributed by atoms with Crippen molar-refractivity contribution < 1.29 is 0 Å². The Morgan fingerprint density at radius 2 is 2.07 bits per heavy atom. The van der Waals surface area contributed by atoms with Crippen molar-refractivity contribution in [2.45, 2.75) is 19.8 Å². The van der Waals surface area contributed by atoms with E-state index in [1.165, 1.54) is 5.57 Å². The first-order chi connectivity index (χ1) is 6.84. The SMILES string of the molecule is C=C1C/C=C\C=C/C/C=C\C1/C=C\C. The van der Waals surface area contributed by atoms with E-state index < -0.39 is 0 Å². The quantitative estimate of drug-likeness (QED) is 0.538. The smallest absolute Gasteiger partial charge is 0.0157 e. The van der Waals surface area contributed by atoms with E-state index in [1.54, 1.807) is 0 Å². The van der Waals surface area contributed by atoms with Crippen LogP contribution in [0.1, 0.15) is 19.8 Å². The van der Waals surface area contributed by atoms with Gasteiger partial charge in [-0.3, -0.25) is 0 Å². The Labute approximate surface area is 87.0 Å². The van der Waals surface area contributed by atoms with Gasteiger partial charge in [0.2, 0.25) is 0 Å². The van der Waals surface area contributed by atoms with E-state index >= 15 is 0 Å². The zero-order valence-corrected chi connectivity index (χ0v) is 8.82. The summed E-state index contributed by atoms with van der Waals surface area (Å²) in [5.41, 5.74) is 1.26. The number of hydrogen-bond acceptors (Lipinski definition) is 0. The lowest BCUT2D eigenvalue weighted by Crippen LogP contribution is -1.95. The molecule has 0 aliphatic heterocycles. The molecule has 0 radical (unpaired) electrons. The van der Waals surface area contributed by atoms with Gasteiger partial charge < -0.3 is 0 Å². The van der Waals surface area contributed by atoms with Crippen LogP contribution in [0.4, 0.5) is 0 Å². The molecule has 0 spiro atoms. The second-order valence-electron chi connectivity index (χ2n) is 3.43. The predicted octanol–water partition coefficient (Wildman–Crippen LogP) is 4.20. The van der Waals surface area contributed by atoms with Crippen LogP contribution in [-0.4, -0.2) is 0 Å². The fourth-order valence-electron chi connectivity index (χ4n) is 1.44. The summed E-state index contributed by atoms with van der Waals surface area (Å²) in [6, 6.07) is 0. The summed E-state index contributed by atoms with van der Waals surface area (Å²) in [5, 5.41) is 0. The average Bonchev–Trinajstić information content (AvgIpc) is 2.20. The molecule has 1 aliphatic rings. The van der Waals surface area contributed by atoms with Crippen molar-refractivity contribution in [3.63, 3.8) is 0 Å². The zero-order chi connectivity index (χ0) is 10.2. The fraction of sp³-hybridized carbons (Fsp3) is 0.286. The monoisotopic (exact) mass is 186 g/mol. The van der Waals surface area contributed by atoms with E-state index in [-0.39, 0.29) is 0 Å². The molecule has 1 atom stereocenters. The minimum absolute atomic E-state index is 0.399. The zero-order valence-electron chi connectivity index (χ0n) is 8.82. The van der Waals surface area contributed by atoms with E-state index in [2.05, 4.69) is 62.1 Å². The Hall–Kier alpha value is -1.30. The van der Waals surface area contributed by atoms with E-state index in [4.69, 9.17) is 0 Å². The summed E-state index contributed by atoms with van der Waals surface area (Å²) in [6.07, 6.45) is 19.2. The predicted molar refractivity (Wildman–Crippen MR) is 64.1 cm³/mol. The van der Waals surface area contributed by atoms with Crippen LogP contribution in [0.15, 0.2) is 60.8 Å². The van der Waals surface area contributed by atoms with Crippen molar-refractivity contribution in [2.75, 3.05) is 0 Å². The Morgan fingerprint density at radius 1 is 1.29 bits per heavy atom. The molecule has 0 fully saturated rings. The Kier molecular flexibility index (Phi) is 4.77. The first-order valence-electron chi connectivity index (χ1n) is 5.13. The highest BCUT2D eigenvalue weighted by Crippen LogP contribution is 2.18. The van der Waals surface area contributed by atoms with Crippen LogP contribution >= 0.6 is 0 Å². The molecule has 0 bridgehead atoms. The maximum atomic E-state index is 4.11. The molecule has 1 unspecified atom stereocenters. The molecule has 0 aromatic carbocycles. The summed E-state index contributed by atoms with van der Waals surface area (Å²) in [5.74, 6) is 0.399. The molecule has 0 N–H and O–H groups in total. The van der Waals surface area contributed by atoms with Gasteiger partial charge in [-0.15, -0.1) is 0 Å². The van der Waals surface area contributed by atoms with Gasteiger partial charge in [0.25, 0.3) is 0 Å². The first-order valence-corrected chi connectivity index (χ1v) is 5.13. The van der Waals surface area contributed by atoms with Crippen molar-refractivity contribution in [1.82, 2.24) is 0 Å². The van der Waals surface area contributed by atoms with E-state index in [1.807, 2.05) is 0 Å². The Balaban J connectivity index is 2.76. The number of rotatable bonds is 1. The van der Waals surface area contributed by atoms with Crippen molar-refractivity contribution in [3.8, 4) is 0 Å². The van der Waals surface area contributed by atoms with Crippen LogP contribution < -0.4 is 0 Å². The molecule has 0 saturated heterocycles. The van der Waals surface area contributed by atoms with Gasteiger partial charge in [0.05, 0.1) is 0 Å². The molecule has 0 aromatic rings. The maximum absolute atomic E-state index is 4.11. The summed E-state index contributed by atoms with van der Waals surface area (Å²) >= 11 is 0. The highest BCUT2D eigenvalue weighted by molar-refractivity contribution is 5.22. The van der Waals surface area contributed by atoms with Crippen LogP contribution in [0.2, 0.25) is 0 Å². The fourth-order valence-corrected chi connectivity index (χ4v) is 1.44. The lowest BCUT2D eigenvalue weighted by atomic mass is 9.95. The highest BCUT2D eigenvalue weighted by Gasteiger charge is 2.03. The maximum Gasteiger partial charge on any atom is 0.0157 e. The third kappa shape index (κ3) is 3.61. The molecule has 1 rings (SSSR count). The summed E-state index contributed by atoms with van der Waals surface area (Å²) in [7, 11) is 0. The van der Waals surface area contributed by atoms with Crippen molar-refractivity contribution in [2.24, 2.45) is 5.92 Å². The van der Waals surface area contributed by atoms with E-state index in [9.17, 15) is 0 Å². The van der Waals surface area contributed by atoms with Gasteiger partial charge in [0, 0.05) is 5.92 Å². The molecule has 74 valence electrons. The second kappa shape index (κ2) is 6.20. The lowest BCUT2D eigenvalue weighted by Gasteiger charge is -2.10. The topological polar surface area (TPSA) is 0 Å².